The van der Waals surface area contributed by atoms with Gasteiger partial charge in [-0.3, -0.25) is 9.59 Å². The van der Waals surface area contributed by atoms with Gasteiger partial charge in [0, 0.05) is 13.1 Å². The summed E-state index contributed by atoms with van der Waals surface area (Å²) in [6.07, 6.45) is 1.65. The molecule has 2 aromatic heterocycles. The van der Waals surface area contributed by atoms with Gasteiger partial charge in [-0.15, -0.1) is 0 Å². The third kappa shape index (κ3) is 4.01. The Labute approximate surface area is 146 Å². The van der Waals surface area contributed by atoms with Crippen LogP contribution in [0.2, 0.25) is 0 Å². The largest absolute Gasteiger partial charge is 0.469 e. The minimum atomic E-state index is -0.608. The lowest BCUT2D eigenvalue weighted by molar-refractivity contribution is -0.128. The van der Waals surface area contributed by atoms with Gasteiger partial charge in [0.05, 0.1) is 25.9 Å². The zero-order valence-electron chi connectivity index (χ0n) is 12.7. The Morgan fingerprint density at radius 1 is 1.21 bits per heavy atom. The van der Waals surface area contributed by atoms with Crippen LogP contribution in [-0.4, -0.2) is 48.7 Å². The van der Waals surface area contributed by atoms with Crippen LogP contribution in [0, 0.1) is 0 Å². The van der Waals surface area contributed by atoms with E-state index in [1.165, 1.54) is 12.3 Å². The summed E-state index contributed by atoms with van der Waals surface area (Å²) in [6, 6.07) is 6.55. The second kappa shape index (κ2) is 7.59. The molecule has 0 aromatic carbocycles. The molecule has 1 saturated heterocycles. The van der Waals surface area contributed by atoms with Gasteiger partial charge in [-0.25, -0.2) is 4.99 Å². The molecule has 0 bridgehead atoms. The number of furan rings is 2. The number of hydrogen-bond acceptors (Lipinski definition) is 5. The van der Waals surface area contributed by atoms with E-state index >= 15 is 0 Å². The number of rotatable bonds is 4. The summed E-state index contributed by atoms with van der Waals surface area (Å²) >= 11 is 3.14. The summed E-state index contributed by atoms with van der Waals surface area (Å²) in [5.41, 5.74) is 0.115. The Hall–Kier alpha value is -2.19. The van der Waals surface area contributed by atoms with E-state index < -0.39 is 5.91 Å². The van der Waals surface area contributed by atoms with Crippen molar-refractivity contribution in [2.24, 2.45) is 4.99 Å². The highest BCUT2D eigenvalue weighted by Gasteiger charge is 2.24. The molecular formula is C16H15BrN2O5. The summed E-state index contributed by atoms with van der Waals surface area (Å²) < 4.78 is 16.1. The molecule has 0 N–H and O–H groups in total. The van der Waals surface area contributed by atoms with Crippen molar-refractivity contribution in [2.45, 2.75) is 6.42 Å². The number of morpholine rings is 1. The first kappa shape index (κ1) is 16.7. The van der Waals surface area contributed by atoms with E-state index in [9.17, 15) is 9.59 Å². The first-order chi connectivity index (χ1) is 11.6. The van der Waals surface area contributed by atoms with Crippen LogP contribution in [0.5, 0.6) is 0 Å². The van der Waals surface area contributed by atoms with Crippen molar-refractivity contribution in [3.05, 3.63) is 46.7 Å². The number of ether oxygens (including phenoxy) is 1. The van der Waals surface area contributed by atoms with Crippen molar-refractivity contribution >= 4 is 33.5 Å². The third-order valence-electron chi connectivity index (χ3n) is 3.49. The summed E-state index contributed by atoms with van der Waals surface area (Å²) in [7, 11) is 0. The van der Waals surface area contributed by atoms with E-state index in [1.54, 1.807) is 23.1 Å². The molecule has 1 aliphatic rings. The Kier molecular flexibility index (Phi) is 5.27. The second-order valence-electron chi connectivity index (χ2n) is 5.13. The van der Waals surface area contributed by atoms with Crippen LogP contribution >= 0.6 is 15.9 Å². The normalized spacial score (nSPS) is 15.5. The fourth-order valence-electron chi connectivity index (χ4n) is 2.30. The van der Waals surface area contributed by atoms with E-state index in [-0.39, 0.29) is 23.8 Å². The van der Waals surface area contributed by atoms with Crippen molar-refractivity contribution in [3.8, 4) is 0 Å². The summed E-state index contributed by atoms with van der Waals surface area (Å²) in [6.45, 7) is 1.88. The van der Waals surface area contributed by atoms with Crippen molar-refractivity contribution in [1.29, 1.82) is 0 Å². The molecule has 0 unspecified atom stereocenters. The first-order valence-corrected chi connectivity index (χ1v) is 8.19. The highest BCUT2D eigenvalue weighted by atomic mass is 79.9. The SMILES string of the molecule is O=C(N=C(Cc1ccco1)C(=O)N1CCOCC1)c1ccc(Br)o1. The van der Waals surface area contributed by atoms with E-state index in [2.05, 4.69) is 20.9 Å². The number of nitrogens with zero attached hydrogens (tertiary/aromatic N) is 2. The van der Waals surface area contributed by atoms with Gasteiger partial charge in [0.25, 0.3) is 5.91 Å². The summed E-state index contributed by atoms with van der Waals surface area (Å²) in [5.74, 6) is -0.282. The maximum atomic E-state index is 12.7. The van der Waals surface area contributed by atoms with Gasteiger partial charge in [-0.2, -0.15) is 0 Å². The minimum Gasteiger partial charge on any atom is -0.469 e. The zero-order valence-corrected chi connectivity index (χ0v) is 14.3. The van der Waals surface area contributed by atoms with Crippen LogP contribution in [-0.2, 0) is 16.0 Å². The van der Waals surface area contributed by atoms with Gasteiger partial charge >= 0.3 is 5.91 Å². The van der Waals surface area contributed by atoms with Crippen molar-refractivity contribution in [3.63, 3.8) is 0 Å². The lowest BCUT2D eigenvalue weighted by atomic mass is 10.2. The van der Waals surface area contributed by atoms with Gasteiger partial charge in [0.2, 0.25) is 0 Å². The number of halogens is 1. The number of amides is 2. The molecule has 0 aliphatic carbocycles. The predicted molar refractivity (Wildman–Crippen MR) is 88.0 cm³/mol. The molecule has 2 amide bonds. The third-order valence-corrected chi connectivity index (χ3v) is 3.91. The average molecular weight is 395 g/mol. The number of carbonyl (C=O) groups excluding carboxylic acids is 2. The quantitative estimate of drug-likeness (QED) is 0.742. The fourth-order valence-corrected chi connectivity index (χ4v) is 2.60. The maximum Gasteiger partial charge on any atom is 0.313 e. The lowest BCUT2D eigenvalue weighted by Gasteiger charge is -2.27. The van der Waals surface area contributed by atoms with E-state index in [0.717, 1.165) is 0 Å². The van der Waals surface area contributed by atoms with Crippen molar-refractivity contribution in [2.75, 3.05) is 26.3 Å². The molecule has 3 heterocycles. The van der Waals surface area contributed by atoms with E-state index in [0.29, 0.717) is 36.7 Å². The molecular weight excluding hydrogens is 380 g/mol. The molecule has 0 spiro atoms. The number of hydrogen-bond donors (Lipinski definition) is 0. The average Bonchev–Trinajstić information content (AvgIpc) is 3.26. The van der Waals surface area contributed by atoms with Gasteiger partial charge in [-0.05, 0) is 40.2 Å². The van der Waals surface area contributed by atoms with Gasteiger partial charge in [0.15, 0.2) is 10.4 Å². The standard InChI is InChI=1S/C16H15BrN2O5/c17-14-4-3-13(24-14)15(20)18-12(10-11-2-1-7-23-11)16(21)19-5-8-22-9-6-19/h1-4,7H,5-6,8-10H2. The van der Waals surface area contributed by atoms with E-state index in [1.807, 2.05) is 0 Å². The lowest BCUT2D eigenvalue weighted by Crippen LogP contribution is -2.44. The molecule has 126 valence electrons. The molecule has 1 fully saturated rings. The van der Waals surface area contributed by atoms with Crippen LogP contribution in [0.3, 0.4) is 0 Å². The summed E-state index contributed by atoms with van der Waals surface area (Å²) in [5, 5.41) is 0. The highest BCUT2D eigenvalue weighted by molar-refractivity contribution is 9.10. The molecule has 0 atom stereocenters. The van der Waals surface area contributed by atoms with Crippen LogP contribution in [0.4, 0.5) is 0 Å². The Morgan fingerprint density at radius 3 is 2.62 bits per heavy atom. The van der Waals surface area contributed by atoms with Crippen LogP contribution < -0.4 is 0 Å². The number of aliphatic imine (C=N–C) groups is 1. The fraction of sp³-hybridized carbons (Fsp3) is 0.312. The number of carbonyl (C=O) groups is 2. The molecule has 1 aliphatic heterocycles. The molecule has 8 heteroatoms. The smallest absolute Gasteiger partial charge is 0.313 e. The van der Waals surface area contributed by atoms with E-state index in [4.69, 9.17) is 13.6 Å². The Balaban J connectivity index is 1.84. The zero-order chi connectivity index (χ0) is 16.9. The summed E-state index contributed by atoms with van der Waals surface area (Å²) in [4.78, 5) is 30.6. The highest BCUT2D eigenvalue weighted by Crippen LogP contribution is 2.15. The molecule has 3 rings (SSSR count). The topological polar surface area (TPSA) is 85.2 Å². The monoisotopic (exact) mass is 394 g/mol. The first-order valence-electron chi connectivity index (χ1n) is 7.40. The van der Waals surface area contributed by atoms with Gasteiger partial charge < -0.3 is 18.5 Å². The Morgan fingerprint density at radius 2 is 2.00 bits per heavy atom. The van der Waals surface area contributed by atoms with Crippen molar-refractivity contribution < 1.29 is 23.2 Å². The van der Waals surface area contributed by atoms with Gasteiger partial charge in [0.1, 0.15) is 11.5 Å². The predicted octanol–water partition coefficient (Wildman–Crippen LogP) is 2.32. The van der Waals surface area contributed by atoms with Gasteiger partial charge in [-0.1, -0.05) is 0 Å². The molecule has 0 radical (unpaired) electrons. The molecule has 7 nitrogen and oxygen atoms in total. The minimum absolute atomic E-state index is 0.0635. The Bertz CT molecular complexity index is 744. The molecule has 24 heavy (non-hydrogen) atoms. The maximum absolute atomic E-state index is 12.7. The van der Waals surface area contributed by atoms with Crippen LogP contribution in [0.25, 0.3) is 0 Å². The van der Waals surface area contributed by atoms with Crippen LogP contribution in [0.15, 0.2) is 49.0 Å². The van der Waals surface area contributed by atoms with Crippen molar-refractivity contribution in [1.82, 2.24) is 4.90 Å². The van der Waals surface area contributed by atoms with Crippen LogP contribution in [0.1, 0.15) is 16.3 Å². The molecule has 2 aromatic rings. The molecule has 0 saturated carbocycles. The second-order valence-corrected chi connectivity index (χ2v) is 5.91.